The number of carbonyl (C=O) groups is 2. The molecule has 3 aromatic carbocycles. The van der Waals surface area contributed by atoms with E-state index in [1.807, 2.05) is 30.3 Å². The molecule has 0 spiro atoms. The van der Waals surface area contributed by atoms with E-state index in [1.165, 1.54) is 21.3 Å². The fraction of sp³-hybridized carbons (Fsp3) is 0.154. The van der Waals surface area contributed by atoms with Crippen molar-refractivity contribution < 1.29 is 28.9 Å². The summed E-state index contributed by atoms with van der Waals surface area (Å²) >= 11 is 0. The van der Waals surface area contributed by atoms with Crippen LogP contribution < -0.4 is 14.2 Å². The van der Waals surface area contributed by atoms with Gasteiger partial charge in [0, 0.05) is 23.6 Å². The molecule has 6 nitrogen and oxygen atoms in total. The van der Waals surface area contributed by atoms with E-state index < -0.39 is 5.97 Å². The Morgan fingerprint density at radius 2 is 1.28 bits per heavy atom. The quantitative estimate of drug-likeness (QED) is 0.391. The molecule has 3 aromatic rings. The van der Waals surface area contributed by atoms with Gasteiger partial charge in [0.05, 0.1) is 26.9 Å². The summed E-state index contributed by atoms with van der Waals surface area (Å²) in [6, 6.07) is 20.7. The predicted molar refractivity (Wildman–Crippen MR) is 122 cm³/mol. The topological polar surface area (TPSA) is 82.1 Å². The third-order valence-corrected chi connectivity index (χ3v) is 5.01. The van der Waals surface area contributed by atoms with Crippen LogP contribution in [-0.2, 0) is 11.2 Å². The largest absolute Gasteiger partial charge is 0.497 e. The summed E-state index contributed by atoms with van der Waals surface area (Å²) in [6.45, 7) is 0. The Balaban J connectivity index is 2.23. The molecule has 0 bridgehead atoms. The van der Waals surface area contributed by atoms with E-state index in [4.69, 9.17) is 14.2 Å². The maximum atomic E-state index is 13.6. The minimum Gasteiger partial charge on any atom is -0.497 e. The van der Waals surface area contributed by atoms with Crippen molar-refractivity contribution in [1.82, 2.24) is 0 Å². The number of methoxy groups -OCH3 is 3. The lowest BCUT2D eigenvalue weighted by atomic mass is 9.89. The van der Waals surface area contributed by atoms with Gasteiger partial charge >= 0.3 is 5.97 Å². The molecular formula is C26H24O6. The number of rotatable bonds is 9. The molecule has 1 N–H and O–H groups in total. The smallest absolute Gasteiger partial charge is 0.336 e. The lowest BCUT2D eigenvalue weighted by Gasteiger charge is -2.15. The van der Waals surface area contributed by atoms with Crippen LogP contribution in [0.25, 0.3) is 5.57 Å². The summed E-state index contributed by atoms with van der Waals surface area (Å²) in [5.41, 5.74) is 1.56. The Bertz CT molecular complexity index is 1110. The number of ether oxygens (including phenoxy) is 3. The lowest BCUT2D eigenvalue weighted by molar-refractivity contribution is -0.130. The fourth-order valence-electron chi connectivity index (χ4n) is 3.38. The van der Waals surface area contributed by atoms with Crippen LogP contribution in [0.3, 0.4) is 0 Å². The maximum Gasteiger partial charge on any atom is 0.336 e. The SMILES string of the molecule is COc1ccc(C(=O)/C(Cc2ccccc2)=C(\C(=O)O)c2cc(OC)cc(OC)c2)cc1. The zero-order valence-corrected chi connectivity index (χ0v) is 18.1. The number of ketones is 1. The minimum absolute atomic E-state index is 0.105. The van der Waals surface area contributed by atoms with E-state index in [1.54, 1.807) is 42.5 Å². The highest BCUT2D eigenvalue weighted by Gasteiger charge is 2.25. The highest BCUT2D eigenvalue weighted by Crippen LogP contribution is 2.31. The molecule has 0 aromatic heterocycles. The molecule has 164 valence electrons. The molecule has 0 atom stereocenters. The van der Waals surface area contributed by atoms with Crippen LogP contribution in [0.2, 0.25) is 0 Å². The highest BCUT2D eigenvalue weighted by atomic mass is 16.5. The minimum atomic E-state index is -1.21. The highest BCUT2D eigenvalue weighted by molar-refractivity contribution is 6.26. The van der Waals surface area contributed by atoms with Crippen molar-refractivity contribution >= 4 is 17.3 Å². The van der Waals surface area contributed by atoms with Crippen LogP contribution in [0, 0.1) is 0 Å². The van der Waals surface area contributed by atoms with Crippen molar-refractivity contribution in [3.05, 3.63) is 95.1 Å². The van der Waals surface area contributed by atoms with Gasteiger partial charge in [-0.3, -0.25) is 4.79 Å². The number of Topliss-reactive ketones (excluding diaryl/α,β-unsaturated/α-hetero) is 1. The number of aliphatic carboxylic acids is 1. The molecule has 0 saturated heterocycles. The van der Waals surface area contributed by atoms with Crippen LogP contribution in [0.5, 0.6) is 17.2 Å². The second-order valence-corrected chi connectivity index (χ2v) is 6.98. The van der Waals surface area contributed by atoms with Crippen LogP contribution >= 0.6 is 0 Å². The summed E-state index contributed by atoms with van der Waals surface area (Å²) < 4.78 is 15.8. The summed E-state index contributed by atoms with van der Waals surface area (Å²) in [6.07, 6.45) is 0.146. The third kappa shape index (κ3) is 5.16. The summed E-state index contributed by atoms with van der Waals surface area (Å²) in [5.74, 6) is -0.141. The van der Waals surface area contributed by atoms with Gasteiger partial charge in [-0.05, 0) is 47.5 Å². The Hall–Kier alpha value is -4.06. The average molecular weight is 432 g/mol. The maximum absolute atomic E-state index is 13.6. The zero-order valence-electron chi connectivity index (χ0n) is 18.1. The molecule has 0 saturated carbocycles. The van der Waals surface area contributed by atoms with Gasteiger partial charge in [-0.1, -0.05) is 30.3 Å². The molecule has 0 fully saturated rings. The molecule has 32 heavy (non-hydrogen) atoms. The normalized spacial score (nSPS) is 11.3. The standard InChI is InChI=1S/C26H24O6/c1-30-20-11-9-18(10-12-20)25(27)23(13-17-7-5-4-6-8-17)24(26(28)29)19-14-21(31-2)16-22(15-19)32-3/h4-12,14-16H,13H2,1-3H3,(H,28,29)/b24-23-. The molecule has 0 unspecified atom stereocenters. The first-order valence-electron chi connectivity index (χ1n) is 9.89. The second-order valence-electron chi connectivity index (χ2n) is 6.98. The first-order valence-corrected chi connectivity index (χ1v) is 9.89. The Kier molecular flexibility index (Phi) is 7.29. The molecule has 3 rings (SSSR count). The van der Waals surface area contributed by atoms with Gasteiger partial charge in [0.2, 0.25) is 0 Å². The molecule has 0 heterocycles. The fourth-order valence-corrected chi connectivity index (χ4v) is 3.38. The monoisotopic (exact) mass is 432 g/mol. The number of carboxylic acids is 1. The van der Waals surface area contributed by atoms with Crippen molar-refractivity contribution in [3.63, 3.8) is 0 Å². The number of benzene rings is 3. The van der Waals surface area contributed by atoms with Gasteiger partial charge < -0.3 is 19.3 Å². The Morgan fingerprint density at radius 3 is 1.78 bits per heavy atom. The molecule has 6 heteroatoms. The van der Waals surface area contributed by atoms with Crippen molar-refractivity contribution in [2.45, 2.75) is 6.42 Å². The third-order valence-electron chi connectivity index (χ3n) is 5.01. The van der Waals surface area contributed by atoms with Crippen LogP contribution in [-0.4, -0.2) is 38.2 Å². The van der Waals surface area contributed by atoms with E-state index >= 15 is 0 Å². The molecule has 0 aliphatic carbocycles. The molecule has 0 radical (unpaired) electrons. The number of hydrogen-bond acceptors (Lipinski definition) is 5. The van der Waals surface area contributed by atoms with E-state index in [2.05, 4.69) is 0 Å². The number of carboxylic acid groups (broad SMARTS) is 1. The molecular weight excluding hydrogens is 408 g/mol. The van der Waals surface area contributed by atoms with E-state index in [0.717, 1.165) is 5.56 Å². The first-order chi connectivity index (χ1) is 15.5. The van der Waals surface area contributed by atoms with Crippen LogP contribution in [0.15, 0.2) is 78.4 Å². The van der Waals surface area contributed by atoms with Gasteiger partial charge in [-0.15, -0.1) is 0 Å². The molecule has 0 aliphatic rings. The van der Waals surface area contributed by atoms with Gasteiger partial charge in [-0.25, -0.2) is 4.79 Å². The van der Waals surface area contributed by atoms with Crippen molar-refractivity contribution in [3.8, 4) is 17.2 Å². The van der Waals surface area contributed by atoms with Crippen molar-refractivity contribution in [2.75, 3.05) is 21.3 Å². The molecule has 0 amide bonds. The Morgan fingerprint density at radius 1 is 0.719 bits per heavy atom. The summed E-state index contributed by atoms with van der Waals surface area (Å²) in [7, 11) is 4.50. The van der Waals surface area contributed by atoms with E-state index in [-0.39, 0.29) is 23.4 Å². The second kappa shape index (κ2) is 10.3. The van der Waals surface area contributed by atoms with E-state index in [9.17, 15) is 14.7 Å². The number of allylic oxidation sites excluding steroid dienone is 1. The number of hydrogen-bond donors (Lipinski definition) is 1. The molecule has 0 aliphatic heterocycles. The van der Waals surface area contributed by atoms with Crippen LogP contribution in [0.4, 0.5) is 0 Å². The van der Waals surface area contributed by atoms with Crippen molar-refractivity contribution in [1.29, 1.82) is 0 Å². The van der Waals surface area contributed by atoms with Gasteiger partial charge in [0.25, 0.3) is 0 Å². The number of carbonyl (C=O) groups excluding carboxylic acids is 1. The lowest BCUT2D eigenvalue weighted by Crippen LogP contribution is -2.14. The van der Waals surface area contributed by atoms with Crippen molar-refractivity contribution in [2.24, 2.45) is 0 Å². The van der Waals surface area contributed by atoms with Gasteiger partial charge in [0.15, 0.2) is 5.78 Å². The van der Waals surface area contributed by atoms with Gasteiger partial charge in [0.1, 0.15) is 17.2 Å². The zero-order chi connectivity index (χ0) is 23.1. The average Bonchev–Trinajstić information content (AvgIpc) is 2.83. The van der Waals surface area contributed by atoms with Gasteiger partial charge in [-0.2, -0.15) is 0 Å². The van der Waals surface area contributed by atoms with Crippen LogP contribution in [0.1, 0.15) is 21.5 Å². The Labute approximate surface area is 186 Å². The first kappa shape index (κ1) is 22.6. The van der Waals surface area contributed by atoms with E-state index in [0.29, 0.717) is 28.4 Å². The summed E-state index contributed by atoms with van der Waals surface area (Å²) in [4.78, 5) is 26.0. The summed E-state index contributed by atoms with van der Waals surface area (Å²) in [5, 5.41) is 10.2. The predicted octanol–water partition coefficient (Wildman–Crippen LogP) is 4.68.